The predicted octanol–water partition coefficient (Wildman–Crippen LogP) is 0.354. The van der Waals surface area contributed by atoms with E-state index in [0.717, 1.165) is 38.6 Å². The third-order valence-electron chi connectivity index (χ3n) is 4.89. The number of carboxylic acid groups (broad SMARTS) is 1. The number of aliphatic carboxylic acids is 1. The number of carbonyl (C=O) groups is 2. The van der Waals surface area contributed by atoms with Crippen molar-refractivity contribution in [1.82, 2.24) is 10.6 Å². The molecule has 1 saturated heterocycles. The first kappa shape index (κ1) is 12.0. The second-order valence-corrected chi connectivity index (χ2v) is 5.88. The molecule has 5 nitrogen and oxygen atoms in total. The number of amides is 1. The summed E-state index contributed by atoms with van der Waals surface area (Å²) in [6, 6.07) is -0.255. The van der Waals surface area contributed by atoms with Crippen molar-refractivity contribution in [2.75, 3.05) is 6.54 Å². The minimum Gasteiger partial charge on any atom is -0.481 e. The second-order valence-electron chi connectivity index (χ2n) is 5.88. The number of hydrogen-bond donors (Lipinski definition) is 3. The highest BCUT2D eigenvalue weighted by atomic mass is 16.4. The molecule has 3 fully saturated rings. The maximum Gasteiger partial charge on any atom is 0.308 e. The summed E-state index contributed by atoms with van der Waals surface area (Å²) in [5.41, 5.74) is 0. The summed E-state index contributed by atoms with van der Waals surface area (Å²) in [6.45, 7) is 0.886. The van der Waals surface area contributed by atoms with E-state index < -0.39 is 5.97 Å². The Balaban J connectivity index is 1.67. The lowest BCUT2D eigenvalue weighted by molar-refractivity contribution is -0.144. The van der Waals surface area contributed by atoms with E-state index in [-0.39, 0.29) is 29.8 Å². The third-order valence-corrected chi connectivity index (χ3v) is 4.89. The van der Waals surface area contributed by atoms with Gasteiger partial charge in [0.2, 0.25) is 5.91 Å². The first-order valence-corrected chi connectivity index (χ1v) is 6.93. The fourth-order valence-corrected chi connectivity index (χ4v) is 4.03. The first-order valence-electron chi connectivity index (χ1n) is 6.93. The Labute approximate surface area is 106 Å². The van der Waals surface area contributed by atoms with Crippen LogP contribution in [-0.2, 0) is 9.59 Å². The summed E-state index contributed by atoms with van der Waals surface area (Å²) in [4.78, 5) is 23.4. The Morgan fingerprint density at radius 3 is 2.61 bits per heavy atom. The maximum absolute atomic E-state index is 12.1. The lowest BCUT2D eigenvalue weighted by atomic mass is 9.84. The molecule has 0 aromatic rings. The highest BCUT2D eigenvalue weighted by molar-refractivity contribution is 5.83. The van der Waals surface area contributed by atoms with Gasteiger partial charge in [-0.1, -0.05) is 0 Å². The third kappa shape index (κ3) is 1.90. The highest BCUT2D eigenvalue weighted by Crippen LogP contribution is 2.48. The summed E-state index contributed by atoms with van der Waals surface area (Å²) in [6.07, 6.45) is 4.94. The minimum absolute atomic E-state index is 0.00343. The van der Waals surface area contributed by atoms with Gasteiger partial charge in [0.05, 0.1) is 12.0 Å². The molecule has 0 aromatic carbocycles. The van der Waals surface area contributed by atoms with Crippen molar-refractivity contribution < 1.29 is 14.7 Å². The van der Waals surface area contributed by atoms with E-state index in [4.69, 9.17) is 0 Å². The van der Waals surface area contributed by atoms with Gasteiger partial charge in [0, 0.05) is 6.04 Å². The van der Waals surface area contributed by atoms with E-state index in [1.165, 1.54) is 0 Å². The van der Waals surface area contributed by atoms with Crippen molar-refractivity contribution in [3.63, 3.8) is 0 Å². The normalized spacial score (nSPS) is 42.1. The molecule has 2 bridgehead atoms. The number of fused-ring (bicyclic) bond motifs is 2. The van der Waals surface area contributed by atoms with Crippen molar-refractivity contribution in [3.05, 3.63) is 0 Å². The van der Waals surface area contributed by atoms with Crippen LogP contribution < -0.4 is 10.6 Å². The fourth-order valence-electron chi connectivity index (χ4n) is 4.03. The molecule has 3 rings (SSSR count). The average molecular weight is 252 g/mol. The van der Waals surface area contributed by atoms with Gasteiger partial charge >= 0.3 is 5.97 Å². The van der Waals surface area contributed by atoms with Crippen LogP contribution in [0.5, 0.6) is 0 Å². The van der Waals surface area contributed by atoms with Crippen LogP contribution in [0.1, 0.15) is 32.1 Å². The number of carboxylic acids is 1. The number of hydrogen-bond acceptors (Lipinski definition) is 3. The van der Waals surface area contributed by atoms with Crippen molar-refractivity contribution in [2.45, 2.75) is 44.2 Å². The molecule has 1 amide bonds. The summed E-state index contributed by atoms with van der Waals surface area (Å²) in [5, 5.41) is 15.5. The molecule has 18 heavy (non-hydrogen) atoms. The highest BCUT2D eigenvalue weighted by Gasteiger charge is 2.51. The van der Waals surface area contributed by atoms with Gasteiger partial charge in [-0.2, -0.15) is 0 Å². The van der Waals surface area contributed by atoms with Gasteiger partial charge in [-0.15, -0.1) is 0 Å². The molecule has 0 aromatic heterocycles. The number of rotatable bonds is 3. The molecule has 1 heterocycles. The van der Waals surface area contributed by atoms with Gasteiger partial charge in [0.15, 0.2) is 0 Å². The molecular formula is C13H20N2O3. The quantitative estimate of drug-likeness (QED) is 0.677. The van der Waals surface area contributed by atoms with Gasteiger partial charge in [-0.05, 0) is 50.5 Å². The Hall–Kier alpha value is -1.10. The molecule has 2 aliphatic carbocycles. The molecule has 5 atom stereocenters. The smallest absolute Gasteiger partial charge is 0.308 e. The molecule has 3 aliphatic rings. The van der Waals surface area contributed by atoms with Crippen molar-refractivity contribution >= 4 is 11.9 Å². The largest absolute Gasteiger partial charge is 0.481 e. The average Bonchev–Trinajstić information content (AvgIpc) is 3.05. The van der Waals surface area contributed by atoms with E-state index in [2.05, 4.69) is 10.6 Å². The zero-order valence-electron chi connectivity index (χ0n) is 10.4. The summed E-state index contributed by atoms with van der Waals surface area (Å²) >= 11 is 0. The Bertz CT molecular complexity index is 365. The maximum atomic E-state index is 12.1. The molecular weight excluding hydrogens is 232 g/mol. The molecule has 2 saturated carbocycles. The van der Waals surface area contributed by atoms with Crippen LogP contribution in [0.25, 0.3) is 0 Å². The predicted molar refractivity (Wildman–Crippen MR) is 64.9 cm³/mol. The molecule has 100 valence electrons. The molecule has 4 unspecified atom stereocenters. The zero-order chi connectivity index (χ0) is 12.7. The topological polar surface area (TPSA) is 78.4 Å². The van der Waals surface area contributed by atoms with Gasteiger partial charge < -0.3 is 15.7 Å². The first-order chi connectivity index (χ1) is 8.66. The number of nitrogens with one attached hydrogen (secondary N) is 2. The van der Waals surface area contributed by atoms with E-state index >= 15 is 0 Å². The van der Waals surface area contributed by atoms with Crippen LogP contribution in [0.2, 0.25) is 0 Å². The summed E-state index contributed by atoms with van der Waals surface area (Å²) < 4.78 is 0. The van der Waals surface area contributed by atoms with E-state index in [9.17, 15) is 14.7 Å². The lowest BCUT2D eigenvalue weighted by Gasteiger charge is -2.29. The standard InChI is InChI=1S/C13H20N2O3/c16-12(9-2-1-5-14-9)15-11-8-4-3-7(6-8)10(11)13(17)18/h7-11,14H,1-6H2,(H,15,16)(H,17,18)/t7?,8?,9-,10?,11?/m1/s1. The van der Waals surface area contributed by atoms with Crippen LogP contribution >= 0.6 is 0 Å². The molecule has 3 N–H and O–H groups in total. The second kappa shape index (κ2) is 4.53. The van der Waals surface area contributed by atoms with Crippen molar-refractivity contribution in [3.8, 4) is 0 Å². The van der Waals surface area contributed by atoms with Crippen LogP contribution in [0, 0.1) is 17.8 Å². The lowest BCUT2D eigenvalue weighted by Crippen LogP contribution is -2.51. The SMILES string of the molecule is O=C(O)C1C2CCC(C2)C1NC(=O)[C@H]1CCCN1. The van der Waals surface area contributed by atoms with E-state index in [1.54, 1.807) is 0 Å². The molecule has 0 radical (unpaired) electrons. The fraction of sp³-hybridized carbons (Fsp3) is 0.846. The van der Waals surface area contributed by atoms with Crippen LogP contribution in [0.4, 0.5) is 0 Å². The van der Waals surface area contributed by atoms with Gasteiger partial charge in [0.1, 0.15) is 0 Å². The molecule has 5 heteroatoms. The van der Waals surface area contributed by atoms with Crippen LogP contribution in [0.3, 0.4) is 0 Å². The van der Waals surface area contributed by atoms with Crippen LogP contribution in [-0.4, -0.2) is 35.6 Å². The molecule has 1 aliphatic heterocycles. The van der Waals surface area contributed by atoms with E-state index in [0.29, 0.717) is 5.92 Å². The summed E-state index contributed by atoms with van der Waals surface area (Å²) in [5.74, 6) is -0.465. The molecule has 0 spiro atoms. The number of carbonyl (C=O) groups excluding carboxylic acids is 1. The van der Waals surface area contributed by atoms with Gasteiger partial charge in [0.25, 0.3) is 0 Å². The van der Waals surface area contributed by atoms with Gasteiger partial charge in [-0.25, -0.2) is 0 Å². The summed E-state index contributed by atoms with van der Waals surface area (Å²) in [7, 11) is 0. The minimum atomic E-state index is -0.744. The van der Waals surface area contributed by atoms with E-state index in [1.807, 2.05) is 0 Å². The van der Waals surface area contributed by atoms with Gasteiger partial charge in [-0.3, -0.25) is 9.59 Å². The monoisotopic (exact) mass is 252 g/mol. The Kier molecular flexibility index (Phi) is 3.01. The van der Waals surface area contributed by atoms with Crippen LogP contribution in [0.15, 0.2) is 0 Å². The Morgan fingerprint density at radius 2 is 1.94 bits per heavy atom. The Morgan fingerprint density at radius 1 is 1.17 bits per heavy atom. The zero-order valence-corrected chi connectivity index (χ0v) is 10.4. The van der Waals surface area contributed by atoms with Crippen molar-refractivity contribution in [2.24, 2.45) is 17.8 Å². The van der Waals surface area contributed by atoms with Crippen molar-refractivity contribution in [1.29, 1.82) is 0 Å².